The highest BCUT2D eigenvalue weighted by atomic mass is 16.5. The van der Waals surface area contributed by atoms with Crippen LogP contribution in [0.5, 0.6) is 5.75 Å². The molecule has 0 spiro atoms. The summed E-state index contributed by atoms with van der Waals surface area (Å²) in [6.07, 6.45) is 1.33. The molecule has 0 heterocycles. The summed E-state index contributed by atoms with van der Waals surface area (Å²) in [5.74, 6) is 0.705. The lowest BCUT2D eigenvalue weighted by Crippen LogP contribution is -2.36. The quantitative estimate of drug-likeness (QED) is 0.811. The van der Waals surface area contributed by atoms with Gasteiger partial charge >= 0.3 is 0 Å². The van der Waals surface area contributed by atoms with E-state index in [-0.39, 0.29) is 11.9 Å². The Morgan fingerprint density at radius 3 is 2.33 bits per heavy atom. The predicted octanol–water partition coefficient (Wildman–Crippen LogP) is 2.49. The van der Waals surface area contributed by atoms with Gasteiger partial charge in [-0.2, -0.15) is 0 Å². The normalized spacial score (nSPS) is 13.6. The van der Waals surface area contributed by atoms with Crippen molar-refractivity contribution in [2.24, 2.45) is 5.73 Å². The summed E-state index contributed by atoms with van der Waals surface area (Å²) >= 11 is 0. The molecule has 0 saturated heterocycles. The third kappa shape index (κ3) is 5.05. The van der Waals surface area contributed by atoms with Crippen molar-refractivity contribution in [3.05, 3.63) is 28.8 Å². The predicted molar refractivity (Wildman–Crippen MR) is 86.7 cm³/mol. The molecule has 2 unspecified atom stereocenters. The maximum Gasteiger partial charge on any atom is 0.260 e. The number of ether oxygens (including phenoxy) is 1. The number of benzene rings is 1. The van der Waals surface area contributed by atoms with Gasteiger partial charge in [0.05, 0.1) is 0 Å². The Hall–Kier alpha value is -1.55. The van der Waals surface area contributed by atoms with Gasteiger partial charge in [0.15, 0.2) is 6.10 Å². The molecule has 0 saturated carbocycles. The van der Waals surface area contributed by atoms with Crippen molar-refractivity contribution in [1.82, 2.24) is 5.32 Å². The van der Waals surface area contributed by atoms with Crippen LogP contribution in [-0.4, -0.2) is 24.6 Å². The molecule has 2 atom stereocenters. The first-order valence-electron chi connectivity index (χ1n) is 7.69. The lowest BCUT2D eigenvalue weighted by Gasteiger charge is -2.19. The highest BCUT2D eigenvalue weighted by Gasteiger charge is 2.16. The van der Waals surface area contributed by atoms with Gasteiger partial charge in [0.1, 0.15) is 5.75 Å². The van der Waals surface area contributed by atoms with Crippen LogP contribution in [0.15, 0.2) is 12.1 Å². The number of hydrogen-bond acceptors (Lipinski definition) is 3. The average Bonchev–Trinajstić information content (AvgIpc) is 2.42. The molecule has 0 aliphatic carbocycles. The molecule has 0 aromatic heterocycles. The Kier molecular flexibility index (Phi) is 6.69. The number of carbonyl (C=O) groups excluding carboxylic acids is 1. The molecule has 0 bridgehead atoms. The molecule has 21 heavy (non-hydrogen) atoms. The van der Waals surface area contributed by atoms with Crippen molar-refractivity contribution >= 4 is 5.91 Å². The zero-order chi connectivity index (χ0) is 16.0. The first-order chi connectivity index (χ1) is 9.88. The van der Waals surface area contributed by atoms with E-state index in [1.165, 1.54) is 5.56 Å². The first kappa shape index (κ1) is 17.5. The van der Waals surface area contributed by atoms with E-state index in [9.17, 15) is 4.79 Å². The fourth-order valence-electron chi connectivity index (χ4n) is 2.34. The molecule has 1 rings (SSSR count). The second-order valence-electron chi connectivity index (χ2n) is 5.59. The van der Waals surface area contributed by atoms with Crippen LogP contribution in [0.2, 0.25) is 0 Å². The number of likely N-dealkylation sites (N-methyl/N-ethyl adjacent to an activating group) is 1. The summed E-state index contributed by atoms with van der Waals surface area (Å²) in [5, 5.41) is 2.77. The zero-order valence-electron chi connectivity index (χ0n) is 13.8. The third-order valence-electron chi connectivity index (χ3n) is 3.56. The molecule has 118 valence electrons. The minimum atomic E-state index is -0.494. The molecule has 0 aliphatic rings. The molecule has 4 heteroatoms. The summed E-state index contributed by atoms with van der Waals surface area (Å²) in [5.41, 5.74) is 9.32. The standard InChI is InChI=1S/C17H28N2O2/c1-6-15(18)10-14-8-11(3)16(12(4)9-14)21-13(5)17(20)19-7-2/h8-9,13,15H,6-7,10,18H2,1-5H3,(H,19,20). The van der Waals surface area contributed by atoms with Crippen LogP contribution in [0.1, 0.15) is 43.9 Å². The number of nitrogens with two attached hydrogens (primary N) is 1. The molecule has 0 radical (unpaired) electrons. The van der Waals surface area contributed by atoms with Crippen LogP contribution in [0.3, 0.4) is 0 Å². The number of rotatable bonds is 7. The molecule has 1 amide bonds. The van der Waals surface area contributed by atoms with Crippen LogP contribution in [0, 0.1) is 13.8 Å². The van der Waals surface area contributed by atoms with Crippen LogP contribution in [-0.2, 0) is 11.2 Å². The fourth-order valence-corrected chi connectivity index (χ4v) is 2.34. The van der Waals surface area contributed by atoms with Gasteiger partial charge in [-0.25, -0.2) is 0 Å². The Morgan fingerprint density at radius 1 is 1.29 bits per heavy atom. The minimum absolute atomic E-state index is 0.0895. The topological polar surface area (TPSA) is 64.3 Å². The lowest BCUT2D eigenvalue weighted by atomic mass is 9.99. The number of aryl methyl sites for hydroxylation is 2. The van der Waals surface area contributed by atoms with Crippen LogP contribution in [0.25, 0.3) is 0 Å². The van der Waals surface area contributed by atoms with E-state index < -0.39 is 6.10 Å². The van der Waals surface area contributed by atoms with Crippen LogP contribution >= 0.6 is 0 Å². The fraction of sp³-hybridized carbons (Fsp3) is 0.588. The molecule has 4 nitrogen and oxygen atoms in total. The summed E-state index contributed by atoms with van der Waals surface area (Å²) in [4.78, 5) is 11.8. The maximum absolute atomic E-state index is 11.8. The van der Waals surface area contributed by atoms with E-state index in [1.54, 1.807) is 6.92 Å². The van der Waals surface area contributed by atoms with Gasteiger partial charge in [0.2, 0.25) is 0 Å². The summed E-state index contributed by atoms with van der Waals surface area (Å²) in [6, 6.07) is 4.38. The Bertz CT molecular complexity index is 463. The van der Waals surface area contributed by atoms with E-state index in [1.807, 2.05) is 20.8 Å². The molecule has 3 N–H and O–H groups in total. The van der Waals surface area contributed by atoms with Crippen molar-refractivity contribution < 1.29 is 9.53 Å². The minimum Gasteiger partial charge on any atom is -0.480 e. The number of nitrogens with one attached hydrogen (secondary N) is 1. The van der Waals surface area contributed by atoms with Crippen LogP contribution in [0.4, 0.5) is 0 Å². The number of amides is 1. The van der Waals surface area contributed by atoms with E-state index in [2.05, 4.69) is 24.4 Å². The highest BCUT2D eigenvalue weighted by molar-refractivity contribution is 5.80. The molecule has 0 aliphatic heterocycles. The first-order valence-corrected chi connectivity index (χ1v) is 7.69. The van der Waals surface area contributed by atoms with Crippen molar-refractivity contribution in [3.8, 4) is 5.75 Å². The molecule has 0 fully saturated rings. The largest absolute Gasteiger partial charge is 0.480 e. The van der Waals surface area contributed by atoms with Crippen molar-refractivity contribution in [2.75, 3.05) is 6.54 Å². The molecular weight excluding hydrogens is 264 g/mol. The Labute approximate surface area is 128 Å². The Morgan fingerprint density at radius 2 is 1.86 bits per heavy atom. The van der Waals surface area contributed by atoms with Crippen LogP contribution < -0.4 is 15.8 Å². The van der Waals surface area contributed by atoms with Crippen molar-refractivity contribution in [3.63, 3.8) is 0 Å². The van der Waals surface area contributed by atoms with Gasteiger partial charge < -0.3 is 15.8 Å². The molecule has 1 aromatic rings. The van der Waals surface area contributed by atoms with Gasteiger partial charge in [0.25, 0.3) is 5.91 Å². The van der Waals surface area contributed by atoms with Gasteiger partial charge in [-0.05, 0) is 57.2 Å². The third-order valence-corrected chi connectivity index (χ3v) is 3.56. The monoisotopic (exact) mass is 292 g/mol. The van der Waals surface area contributed by atoms with Crippen molar-refractivity contribution in [1.29, 1.82) is 0 Å². The second-order valence-corrected chi connectivity index (χ2v) is 5.59. The van der Waals surface area contributed by atoms with E-state index >= 15 is 0 Å². The molecular formula is C17H28N2O2. The lowest BCUT2D eigenvalue weighted by molar-refractivity contribution is -0.127. The van der Waals surface area contributed by atoms with Gasteiger partial charge in [-0.15, -0.1) is 0 Å². The van der Waals surface area contributed by atoms with E-state index in [0.717, 1.165) is 29.7 Å². The maximum atomic E-state index is 11.8. The Balaban J connectivity index is 2.87. The summed E-state index contributed by atoms with van der Waals surface area (Å²) in [6.45, 7) is 10.4. The number of carbonyl (C=O) groups is 1. The zero-order valence-corrected chi connectivity index (χ0v) is 13.8. The SMILES string of the molecule is CCNC(=O)C(C)Oc1c(C)cc(CC(N)CC)cc1C. The molecule has 1 aromatic carbocycles. The number of hydrogen-bond donors (Lipinski definition) is 2. The summed E-state index contributed by atoms with van der Waals surface area (Å²) < 4.78 is 5.83. The van der Waals surface area contributed by atoms with Crippen molar-refractivity contribution in [2.45, 2.75) is 59.6 Å². The van der Waals surface area contributed by atoms with E-state index in [0.29, 0.717) is 6.54 Å². The summed E-state index contributed by atoms with van der Waals surface area (Å²) in [7, 11) is 0. The van der Waals surface area contributed by atoms with Gasteiger partial charge in [-0.1, -0.05) is 19.1 Å². The average molecular weight is 292 g/mol. The van der Waals surface area contributed by atoms with E-state index in [4.69, 9.17) is 10.5 Å². The smallest absolute Gasteiger partial charge is 0.260 e. The van der Waals surface area contributed by atoms with Gasteiger partial charge in [0, 0.05) is 12.6 Å². The van der Waals surface area contributed by atoms with Gasteiger partial charge in [-0.3, -0.25) is 4.79 Å². The highest BCUT2D eigenvalue weighted by Crippen LogP contribution is 2.26. The second kappa shape index (κ2) is 8.03.